The summed E-state index contributed by atoms with van der Waals surface area (Å²) in [4.78, 5) is 55.7. The summed E-state index contributed by atoms with van der Waals surface area (Å²) in [7, 11) is 0. The topological polar surface area (TPSA) is 90.0 Å². The highest BCUT2D eigenvalue weighted by Gasteiger charge is 2.44. The van der Waals surface area contributed by atoms with Gasteiger partial charge in [-0.3, -0.25) is 34.3 Å². The van der Waals surface area contributed by atoms with Crippen LogP contribution in [0.2, 0.25) is 0 Å². The highest BCUT2D eigenvalue weighted by Crippen LogP contribution is 2.32. The van der Waals surface area contributed by atoms with E-state index in [2.05, 4.69) is 22.0 Å². The standard InChI is InChI=1S/C28H38N4O4/c1-2-19-4-3-5-20(7-6-19)12-13-30-14-16-31(17-15-30)21-8-9-22-23(18-21)28(36)32(27(22)35)24-10-11-25(33)29-26(24)34/h8-9,18-20,24H,2-7,10-17H2,1H3,(H,29,33,34). The highest BCUT2D eigenvalue weighted by molar-refractivity contribution is 6.23. The van der Waals surface area contributed by atoms with Crippen LogP contribution in [0.5, 0.6) is 0 Å². The van der Waals surface area contributed by atoms with Gasteiger partial charge in [-0.2, -0.15) is 0 Å². The fourth-order valence-corrected chi connectivity index (χ4v) is 6.40. The van der Waals surface area contributed by atoms with Crippen molar-refractivity contribution in [1.29, 1.82) is 0 Å². The summed E-state index contributed by atoms with van der Waals surface area (Å²) in [5.74, 6) is -0.0422. The van der Waals surface area contributed by atoms with E-state index < -0.39 is 23.8 Å². The first-order valence-corrected chi connectivity index (χ1v) is 13.8. The van der Waals surface area contributed by atoms with Crippen molar-refractivity contribution < 1.29 is 19.2 Å². The molecule has 3 fully saturated rings. The Morgan fingerprint density at radius 3 is 2.33 bits per heavy atom. The van der Waals surface area contributed by atoms with E-state index in [-0.39, 0.29) is 18.7 Å². The number of nitrogens with one attached hydrogen (secondary N) is 1. The van der Waals surface area contributed by atoms with Crippen LogP contribution in [0, 0.1) is 11.8 Å². The van der Waals surface area contributed by atoms with Gasteiger partial charge in [0.25, 0.3) is 11.8 Å². The van der Waals surface area contributed by atoms with Crippen LogP contribution in [-0.4, -0.2) is 72.2 Å². The Labute approximate surface area is 213 Å². The van der Waals surface area contributed by atoms with Crippen LogP contribution in [0.15, 0.2) is 18.2 Å². The second-order valence-corrected chi connectivity index (χ2v) is 10.9. The number of carbonyl (C=O) groups is 4. The number of piperazine rings is 1. The largest absolute Gasteiger partial charge is 0.369 e. The van der Waals surface area contributed by atoms with Gasteiger partial charge in [-0.15, -0.1) is 0 Å². The molecule has 1 N–H and O–H groups in total. The molecule has 3 aliphatic heterocycles. The Morgan fingerprint density at radius 2 is 1.58 bits per heavy atom. The molecule has 194 valence electrons. The van der Waals surface area contributed by atoms with E-state index in [0.29, 0.717) is 11.1 Å². The van der Waals surface area contributed by atoms with E-state index in [9.17, 15) is 19.2 Å². The van der Waals surface area contributed by atoms with Crippen molar-refractivity contribution in [3.63, 3.8) is 0 Å². The molecule has 1 saturated carbocycles. The molecule has 0 aromatic heterocycles. The Morgan fingerprint density at radius 1 is 0.861 bits per heavy atom. The lowest BCUT2D eigenvalue weighted by molar-refractivity contribution is -0.136. The number of benzene rings is 1. The molecule has 0 radical (unpaired) electrons. The molecule has 0 spiro atoms. The second kappa shape index (κ2) is 10.7. The minimum Gasteiger partial charge on any atom is -0.369 e. The minimum absolute atomic E-state index is 0.124. The summed E-state index contributed by atoms with van der Waals surface area (Å²) in [5.41, 5.74) is 1.62. The quantitative estimate of drug-likeness (QED) is 0.483. The Bertz CT molecular complexity index is 1030. The van der Waals surface area contributed by atoms with Crippen LogP contribution in [0.25, 0.3) is 0 Å². The van der Waals surface area contributed by atoms with Crippen LogP contribution in [-0.2, 0) is 9.59 Å². The molecule has 0 bridgehead atoms. The van der Waals surface area contributed by atoms with Crippen molar-refractivity contribution in [2.45, 2.75) is 70.8 Å². The third kappa shape index (κ3) is 5.05. The van der Waals surface area contributed by atoms with E-state index >= 15 is 0 Å². The molecule has 2 saturated heterocycles. The maximum absolute atomic E-state index is 13.1. The monoisotopic (exact) mass is 494 g/mol. The van der Waals surface area contributed by atoms with Gasteiger partial charge >= 0.3 is 0 Å². The van der Waals surface area contributed by atoms with Crippen molar-refractivity contribution >= 4 is 29.3 Å². The molecule has 1 aromatic rings. The van der Waals surface area contributed by atoms with Gasteiger partial charge in [-0.05, 0) is 49.4 Å². The zero-order valence-corrected chi connectivity index (χ0v) is 21.3. The molecule has 8 nitrogen and oxygen atoms in total. The van der Waals surface area contributed by atoms with Gasteiger partial charge in [0, 0.05) is 38.3 Å². The first-order valence-electron chi connectivity index (χ1n) is 13.8. The molecule has 3 heterocycles. The second-order valence-electron chi connectivity index (χ2n) is 10.9. The summed E-state index contributed by atoms with van der Waals surface area (Å²) < 4.78 is 0. The molecule has 1 aromatic carbocycles. The Kier molecular flexibility index (Phi) is 7.42. The molecule has 3 unspecified atom stereocenters. The van der Waals surface area contributed by atoms with E-state index in [0.717, 1.165) is 55.1 Å². The number of carbonyl (C=O) groups excluding carboxylic acids is 4. The van der Waals surface area contributed by atoms with Crippen LogP contribution >= 0.6 is 0 Å². The number of rotatable bonds is 6. The predicted octanol–water partition coefficient (Wildman–Crippen LogP) is 3.21. The van der Waals surface area contributed by atoms with Crippen LogP contribution in [0.3, 0.4) is 0 Å². The van der Waals surface area contributed by atoms with Crippen molar-refractivity contribution in [3.05, 3.63) is 29.3 Å². The van der Waals surface area contributed by atoms with Crippen molar-refractivity contribution in [3.8, 4) is 0 Å². The first kappa shape index (κ1) is 24.9. The summed E-state index contributed by atoms with van der Waals surface area (Å²) in [5, 5.41) is 2.24. The van der Waals surface area contributed by atoms with Crippen molar-refractivity contribution in [1.82, 2.24) is 15.1 Å². The average Bonchev–Trinajstić information content (AvgIpc) is 3.03. The molecule has 3 atom stereocenters. The van der Waals surface area contributed by atoms with Gasteiger partial charge in [-0.25, -0.2) is 0 Å². The molecule has 4 amide bonds. The normalized spacial score (nSPS) is 27.8. The zero-order valence-electron chi connectivity index (χ0n) is 21.3. The Balaban J connectivity index is 1.16. The van der Waals surface area contributed by atoms with Gasteiger partial charge in [0.1, 0.15) is 6.04 Å². The van der Waals surface area contributed by atoms with Crippen molar-refractivity contribution in [2.75, 3.05) is 37.6 Å². The van der Waals surface area contributed by atoms with Gasteiger partial charge in [0.15, 0.2) is 0 Å². The van der Waals surface area contributed by atoms with Gasteiger partial charge < -0.3 is 4.90 Å². The lowest BCUT2D eigenvalue weighted by Gasteiger charge is -2.36. The molecular formula is C28H38N4O4. The average molecular weight is 495 g/mol. The molecule has 8 heteroatoms. The predicted molar refractivity (Wildman–Crippen MR) is 137 cm³/mol. The lowest BCUT2D eigenvalue weighted by Crippen LogP contribution is -2.54. The van der Waals surface area contributed by atoms with Gasteiger partial charge in [0.2, 0.25) is 11.8 Å². The number of fused-ring (bicyclic) bond motifs is 1. The highest BCUT2D eigenvalue weighted by atomic mass is 16.2. The number of hydrogen-bond donors (Lipinski definition) is 1. The van der Waals surface area contributed by atoms with Crippen LogP contribution in [0.4, 0.5) is 5.69 Å². The fraction of sp³-hybridized carbons (Fsp3) is 0.643. The fourth-order valence-electron chi connectivity index (χ4n) is 6.40. The summed E-state index contributed by atoms with van der Waals surface area (Å²) in [6, 6.07) is 4.48. The molecule has 4 aliphatic rings. The number of amides is 4. The molecule has 5 rings (SSSR count). The lowest BCUT2D eigenvalue weighted by atomic mass is 9.94. The first-order chi connectivity index (χ1) is 17.4. The van der Waals surface area contributed by atoms with E-state index in [1.54, 1.807) is 12.1 Å². The smallest absolute Gasteiger partial charge is 0.262 e. The number of imide groups is 2. The molecular weight excluding hydrogens is 456 g/mol. The summed E-state index contributed by atoms with van der Waals surface area (Å²) >= 11 is 0. The summed E-state index contributed by atoms with van der Waals surface area (Å²) in [6.45, 7) is 7.26. The molecule has 1 aliphatic carbocycles. The minimum atomic E-state index is -0.927. The maximum atomic E-state index is 13.1. The zero-order chi connectivity index (χ0) is 25.2. The molecule has 36 heavy (non-hydrogen) atoms. The maximum Gasteiger partial charge on any atom is 0.262 e. The Hall–Kier alpha value is -2.74. The van der Waals surface area contributed by atoms with Gasteiger partial charge in [-0.1, -0.05) is 45.4 Å². The van der Waals surface area contributed by atoms with Crippen LogP contribution < -0.4 is 10.2 Å². The van der Waals surface area contributed by atoms with E-state index in [1.807, 2.05) is 6.07 Å². The van der Waals surface area contributed by atoms with E-state index in [1.165, 1.54) is 44.9 Å². The third-order valence-corrected chi connectivity index (χ3v) is 8.80. The number of anilines is 1. The third-order valence-electron chi connectivity index (χ3n) is 8.80. The number of piperidine rings is 1. The van der Waals surface area contributed by atoms with Crippen LogP contribution in [0.1, 0.15) is 85.4 Å². The SMILES string of the molecule is CCC1CCCC(CCN2CCN(c3ccc4c(c3)C(=O)N(C3CCC(=O)NC3=O)C4=O)CC2)CC1. The van der Waals surface area contributed by atoms with Gasteiger partial charge in [0.05, 0.1) is 11.1 Å². The number of hydrogen-bond acceptors (Lipinski definition) is 6. The van der Waals surface area contributed by atoms with E-state index in [4.69, 9.17) is 0 Å². The number of nitrogens with zero attached hydrogens (tertiary/aromatic N) is 3. The summed E-state index contributed by atoms with van der Waals surface area (Å²) in [6.07, 6.45) is 9.88. The van der Waals surface area contributed by atoms with Crippen molar-refractivity contribution in [2.24, 2.45) is 11.8 Å².